The first-order valence-corrected chi connectivity index (χ1v) is 6.39. The summed E-state index contributed by atoms with van der Waals surface area (Å²) < 4.78 is 18.9. The van der Waals surface area contributed by atoms with E-state index in [4.69, 9.17) is 4.42 Å². The fraction of sp³-hybridized carbons (Fsp3) is 0.500. The molecule has 4 heteroatoms. The number of likely N-dealkylation sites (N-methyl/N-ethyl adjacent to an activating group) is 1. The molecule has 3 nitrogen and oxygen atoms in total. The fourth-order valence-corrected chi connectivity index (χ4v) is 2.58. The van der Waals surface area contributed by atoms with E-state index >= 15 is 0 Å². The van der Waals surface area contributed by atoms with Gasteiger partial charge < -0.3 is 9.32 Å². The molecule has 0 amide bonds. The first-order valence-electron chi connectivity index (χ1n) is 6.39. The van der Waals surface area contributed by atoms with Crippen molar-refractivity contribution < 1.29 is 8.81 Å². The van der Waals surface area contributed by atoms with E-state index in [2.05, 4.69) is 23.9 Å². The summed E-state index contributed by atoms with van der Waals surface area (Å²) in [6.45, 7) is 3.19. The summed E-state index contributed by atoms with van der Waals surface area (Å²) in [5.74, 6) is 0.799. The number of aromatic nitrogens is 1. The maximum absolute atomic E-state index is 13.1. The number of oxazole rings is 1. The summed E-state index contributed by atoms with van der Waals surface area (Å²) in [5, 5.41) is 0. The molecule has 2 aromatic rings. The monoisotopic (exact) mass is 248 g/mol. The lowest BCUT2D eigenvalue weighted by atomic mass is 9.94. The predicted molar refractivity (Wildman–Crippen MR) is 68.0 cm³/mol. The Morgan fingerprint density at radius 3 is 3.00 bits per heavy atom. The molecule has 1 saturated heterocycles. The van der Waals surface area contributed by atoms with Crippen LogP contribution in [0.1, 0.15) is 31.6 Å². The molecule has 0 aliphatic carbocycles. The molecule has 0 spiro atoms. The van der Waals surface area contributed by atoms with E-state index < -0.39 is 0 Å². The standard InChI is InChI=1S/C14H17FN2O/c1-9-3-4-10(8-17(9)2)14-16-12-7-11(15)5-6-13(12)18-14/h5-7,9-10H,3-4,8H2,1-2H3/t9-,10?/m1/s1. The second-order valence-corrected chi connectivity index (χ2v) is 5.23. The van der Waals surface area contributed by atoms with Crippen molar-refractivity contribution in [3.63, 3.8) is 0 Å². The number of halogens is 1. The van der Waals surface area contributed by atoms with Gasteiger partial charge in [0.25, 0.3) is 0 Å². The van der Waals surface area contributed by atoms with Gasteiger partial charge in [0.05, 0.1) is 0 Å². The third-order valence-corrected chi connectivity index (χ3v) is 3.91. The highest BCUT2D eigenvalue weighted by molar-refractivity contribution is 5.72. The van der Waals surface area contributed by atoms with Crippen molar-refractivity contribution >= 4 is 11.1 Å². The van der Waals surface area contributed by atoms with E-state index in [-0.39, 0.29) is 5.82 Å². The average Bonchev–Trinajstić information content (AvgIpc) is 2.75. The van der Waals surface area contributed by atoms with Gasteiger partial charge in [-0.05, 0) is 38.9 Å². The number of rotatable bonds is 1. The predicted octanol–water partition coefficient (Wildman–Crippen LogP) is 3.16. The van der Waals surface area contributed by atoms with Gasteiger partial charge in [-0.2, -0.15) is 0 Å². The Morgan fingerprint density at radius 2 is 2.22 bits per heavy atom. The number of hydrogen-bond acceptors (Lipinski definition) is 3. The molecule has 0 saturated carbocycles. The van der Waals surface area contributed by atoms with Crippen LogP contribution in [0, 0.1) is 5.82 Å². The SMILES string of the molecule is C[C@@H]1CCC(c2nc3cc(F)ccc3o2)CN1C. The van der Waals surface area contributed by atoms with Crippen LogP contribution >= 0.6 is 0 Å². The van der Waals surface area contributed by atoms with Crippen LogP contribution < -0.4 is 0 Å². The van der Waals surface area contributed by atoms with Crippen molar-refractivity contribution in [2.45, 2.75) is 31.7 Å². The Labute approximate surface area is 106 Å². The van der Waals surface area contributed by atoms with Gasteiger partial charge in [-0.25, -0.2) is 9.37 Å². The average molecular weight is 248 g/mol. The first kappa shape index (κ1) is 11.7. The van der Waals surface area contributed by atoms with Gasteiger partial charge in [-0.1, -0.05) is 0 Å². The molecule has 2 heterocycles. The second kappa shape index (κ2) is 4.35. The van der Waals surface area contributed by atoms with E-state index in [0.717, 1.165) is 25.3 Å². The molecule has 0 N–H and O–H groups in total. The Balaban J connectivity index is 1.90. The molecule has 2 atom stereocenters. The zero-order valence-electron chi connectivity index (χ0n) is 10.7. The number of fused-ring (bicyclic) bond motifs is 1. The molecule has 18 heavy (non-hydrogen) atoms. The first-order chi connectivity index (χ1) is 8.63. The van der Waals surface area contributed by atoms with Gasteiger partial charge in [-0.15, -0.1) is 0 Å². The van der Waals surface area contributed by atoms with Gasteiger partial charge in [0.1, 0.15) is 11.3 Å². The molecule has 96 valence electrons. The lowest BCUT2D eigenvalue weighted by molar-refractivity contribution is 0.169. The van der Waals surface area contributed by atoms with E-state index in [1.54, 1.807) is 6.07 Å². The van der Waals surface area contributed by atoms with Gasteiger partial charge in [-0.3, -0.25) is 0 Å². The fourth-order valence-electron chi connectivity index (χ4n) is 2.58. The van der Waals surface area contributed by atoms with E-state index in [9.17, 15) is 4.39 Å². The van der Waals surface area contributed by atoms with Crippen molar-refractivity contribution in [2.75, 3.05) is 13.6 Å². The summed E-state index contributed by atoms with van der Waals surface area (Å²) >= 11 is 0. The summed E-state index contributed by atoms with van der Waals surface area (Å²) in [7, 11) is 2.12. The van der Waals surface area contributed by atoms with Gasteiger partial charge in [0.2, 0.25) is 0 Å². The molecule has 1 fully saturated rings. The molecule has 3 rings (SSSR count). The molecule has 0 radical (unpaired) electrons. The zero-order chi connectivity index (χ0) is 12.7. The topological polar surface area (TPSA) is 29.3 Å². The van der Waals surface area contributed by atoms with Crippen molar-refractivity contribution in [3.05, 3.63) is 29.9 Å². The molecule has 1 unspecified atom stereocenters. The summed E-state index contributed by atoms with van der Waals surface area (Å²) in [6, 6.07) is 5.10. The number of piperidine rings is 1. The summed E-state index contributed by atoms with van der Waals surface area (Å²) in [4.78, 5) is 6.75. The van der Waals surface area contributed by atoms with Crippen LogP contribution in [-0.4, -0.2) is 29.5 Å². The normalized spacial score (nSPS) is 25.7. The maximum atomic E-state index is 13.1. The van der Waals surface area contributed by atoms with Crippen molar-refractivity contribution in [3.8, 4) is 0 Å². The Hall–Kier alpha value is -1.42. The van der Waals surface area contributed by atoms with Gasteiger partial charge >= 0.3 is 0 Å². The summed E-state index contributed by atoms with van der Waals surface area (Å²) in [5.41, 5.74) is 1.29. The second-order valence-electron chi connectivity index (χ2n) is 5.23. The molecule has 1 aromatic carbocycles. The highest BCUT2D eigenvalue weighted by atomic mass is 19.1. The van der Waals surface area contributed by atoms with Crippen LogP contribution in [0.15, 0.2) is 22.6 Å². The highest BCUT2D eigenvalue weighted by Gasteiger charge is 2.27. The lowest BCUT2D eigenvalue weighted by Crippen LogP contribution is -2.37. The molecule has 1 aliphatic rings. The number of nitrogens with zero attached hydrogens (tertiary/aromatic N) is 2. The van der Waals surface area contributed by atoms with E-state index in [0.29, 0.717) is 23.1 Å². The van der Waals surface area contributed by atoms with Crippen molar-refractivity contribution in [2.24, 2.45) is 0 Å². The Bertz CT molecular complexity index is 566. The van der Waals surface area contributed by atoms with Crippen LogP contribution in [0.4, 0.5) is 4.39 Å². The minimum absolute atomic E-state index is 0.267. The Kier molecular flexibility index (Phi) is 2.82. The highest BCUT2D eigenvalue weighted by Crippen LogP contribution is 2.30. The van der Waals surface area contributed by atoms with Crippen LogP contribution in [0.3, 0.4) is 0 Å². The van der Waals surface area contributed by atoms with Gasteiger partial charge in [0, 0.05) is 24.6 Å². The molecular formula is C14H17FN2O. The van der Waals surface area contributed by atoms with Crippen LogP contribution in [0.25, 0.3) is 11.1 Å². The van der Waals surface area contributed by atoms with Crippen LogP contribution in [-0.2, 0) is 0 Å². The lowest BCUT2D eigenvalue weighted by Gasteiger charge is -2.33. The molecule has 1 aliphatic heterocycles. The molecule has 0 bridgehead atoms. The smallest absolute Gasteiger partial charge is 0.199 e. The van der Waals surface area contributed by atoms with Crippen molar-refractivity contribution in [1.29, 1.82) is 0 Å². The van der Waals surface area contributed by atoms with E-state index in [1.807, 2.05) is 0 Å². The Morgan fingerprint density at radius 1 is 1.39 bits per heavy atom. The quantitative estimate of drug-likeness (QED) is 0.776. The third-order valence-electron chi connectivity index (χ3n) is 3.91. The van der Waals surface area contributed by atoms with Crippen LogP contribution in [0.2, 0.25) is 0 Å². The third kappa shape index (κ3) is 2.01. The minimum Gasteiger partial charge on any atom is -0.440 e. The van der Waals surface area contributed by atoms with Crippen molar-refractivity contribution in [1.82, 2.24) is 9.88 Å². The number of likely N-dealkylation sites (tertiary alicyclic amines) is 1. The molecular weight excluding hydrogens is 231 g/mol. The van der Waals surface area contributed by atoms with Gasteiger partial charge in [0.15, 0.2) is 11.5 Å². The van der Waals surface area contributed by atoms with Crippen LogP contribution in [0.5, 0.6) is 0 Å². The largest absolute Gasteiger partial charge is 0.440 e. The van der Waals surface area contributed by atoms with E-state index in [1.165, 1.54) is 12.1 Å². The molecule has 1 aromatic heterocycles. The zero-order valence-corrected chi connectivity index (χ0v) is 10.7. The minimum atomic E-state index is -0.267. The number of hydrogen-bond donors (Lipinski definition) is 0. The summed E-state index contributed by atoms with van der Waals surface area (Å²) in [6.07, 6.45) is 2.23. The maximum Gasteiger partial charge on any atom is 0.199 e. The number of benzene rings is 1.